The molecule has 7 nitrogen and oxygen atoms in total. The molecule has 0 saturated carbocycles. The lowest BCUT2D eigenvalue weighted by molar-refractivity contribution is 0.250. The van der Waals surface area contributed by atoms with Crippen LogP contribution in [0.2, 0.25) is 0 Å². The molecular weight excluding hydrogens is 386 g/mol. The van der Waals surface area contributed by atoms with Gasteiger partial charge in [0.2, 0.25) is 0 Å². The van der Waals surface area contributed by atoms with Gasteiger partial charge in [0.25, 0.3) is 0 Å². The van der Waals surface area contributed by atoms with Gasteiger partial charge in [-0.15, -0.1) is 0 Å². The van der Waals surface area contributed by atoms with Crippen LogP contribution < -0.4 is 10.6 Å². The van der Waals surface area contributed by atoms with Crippen LogP contribution >= 0.6 is 0 Å². The molecule has 0 bridgehead atoms. The lowest BCUT2D eigenvalue weighted by Gasteiger charge is -2.26. The zero-order chi connectivity index (χ0) is 21.6. The predicted molar refractivity (Wildman–Crippen MR) is 125 cm³/mol. The Balaban J connectivity index is 1.35. The van der Waals surface area contributed by atoms with Gasteiger partial charge in [-0.1, -0.05) is 44.2 Å². The average molecular weight is 424 g/mol. The molecule has 0 radical (unpaired) electrons. The number of aromatic nitrogens is 3. The Hall–Kier alpha value is -2.41. The minimum atomic E-state index is 0.330. The number of aliphatic imine (C=N–C) groups is 1. The second-order valence-corrected chi connectivity index (χ2v) is 9.07. The van der Waals surface area contributed by atoms with E-state index in [4.69, 9.17) is 15.1 Å². The van der Waals surface area contributed by atoms with Crippen molar-refractivity contribution in [3.63, 3.8) is 0 Å². The minimum Gasteiger partial charge on any atom is -0.357 e. The van der Waals surface area contributed by atoms with Gasteiger partial charge in [0.1, 0.15) is 5.82 Å². The molecule has 0 spiro atoms. The summed E-state index contributed by atoms with van der Waals surface area (Å²) in [4.78, 5) is 12.3. The van der Waals surface area contributed by atoms with Gasteiger partial charge in [-0.2, -0.15) is 5.10 Å². The van der Waals surface area contributed by atoms with Crippen LogP contribution in [0.25, 0.3) is 0 Å². The first-order valence-corrected chi connectivity index (χ1v) is 11.9. The number of hydrogen-bond donors (Lipinski definition) is 2. The molecule has 2 N–H and O–H groups in total. The number of fused-ring (bicyclic) bond motifs is 1. The van der Waals surface area contributed by atoms with Crippen LogP contribution in [0.4, 0.5) is 0 Å². The van der Waals surface area contributed by atoms with Gasteiger partial charge in [-0.05, 0) is 38.3 Å². The normalized spacial score (nSPS) is 22.0. The van der Waals surface area contributed by atoms with Crippen molar-refractivity contribution in [3.8, 4) is 0 Å². The number of nitrogens with zero attached hydrogens (tertiary/aromatic N) is 5. The zero-order valence-corrected chi connectivity index (χ0v) is 19.2. The first kappa shape index (κ1) is 21.8. The minimum absolute atomic E-state index is 0.330. The summed E-state index contributed by atoms with van der Waals surface area (Å²) in [5.41, 5.74) is 1.38. The summed E-state index contributed by atoms with van der Waals surface area (Å²) in [5.74, 6) is 3.36. The van der Waals surface area contributed by atoms with Crippen LogP contribution in [0.5, 0.6) is 0 Å². The van der Waals surface area contributed by atoms with Crippen molar-refractivity contribution in [2.24, 2.45) is 4.99 Å². The van der Waals surface area contributed by atoms with Gasteiger partial charge in [-0.3, -0.25) is 9.89 Å². The van der Waals surface area contributed by atoms with Crippen molar-refractivity contribution in [1.29, 1.82) is 0 Å². The van der Waals surface area contributed by atoms with E-state index in [1.54, 1.807) is 0 Å². The fraction of sp³-hybridized carbons (Fsp3) is 0.625. The van der Waals surface area contributed by atoms with E-state index in [1.165, 1.54) is 18.4 Å². The fourth-order valence-electron chi connectivity index (χ4n) is 4.53. The van der Waals surface area contributed by atoms with Crippen molar-refractivity contribution in [3.05, 3.63) is 47.5 Å². The second kappa shape index (κ2) is 10.3. The molecule has 3 heterocycles. The molecule has 1 aromatic carbocycles. The van der Waals surface area contributed by atoms with Gasteiger partial charge >= 0.3 is 0 Å². The van der Waals surface area contributed by atoms with Crippen LogP contribution in [0.3, 0.4) is 0 Å². The monoisotopic (exact) mass is 423 g/mol. The first-order valence-electron chi connectivity index (χ1n) is 11.9. The van der Waals surface area contributed by atoms with E-state index >= 15 is 0 Å². The fourth-order valence-corrected chi connectivity index (χ4v) is 4.53. The van der Waals surface area contributed by atoms with Crippen LogP contribution in [-0.2, 0) is 19.5 Å². The molecule has 2 aliphatic rings. The average Bonchev–Trinajstić information content (AvgIpc) is 3.39. The zero-order valence-electron chi connectivity index (χ0n) is 19.2. The summed E-state index contributed by atoms with van der Waals surface area (Å²) in [6.07, 6.45) is 4.50. The van der Waals surface area contributed by atoms with Crippen LogP contribution in [0.1, 0.15) is 63.2 Å². The molecule has 1 fully saturated rings. The van der Waals surface area contributed by atoms with E-state index in [0.717, 1.165) is 63.2 Å². The molecule has 2 unspecified atom stereocenters. The summed E-state index contributed by atoms with van der Waals surface area (Å²) in [6, 6.07) is 11.6. The Morgan fingerprint density at radius 3 is 2.84 bits per heavy atom. The third kappa shape index (κ3) is 5.64. The van der Waals surface area contributed by atoms with Crippen LogP contribution in [0, 0.1) is 0 Å². The highest BCUT2D eigenvalue weighted by Crippen LogP contribution is 2.21. The number of aryl methyl sites for hydroxylation is 1. The smallest absolute Gasteiger partial charge is 0.191 e. The lowest BCUT2D eigenvalue weighted by atomic mass is 10.1. The number of likely N-dealkylation sites (tertiary alicyclic amines) is 1. The highest BCUT2D eigenvalue weighted by Gasteiger charge is 2.25. The highest BCUT2D eigenvalue weighted by atomic mass is 15.4. The molecule has 0 aliphatic carbocycles. The molecule has 31 heavy (non-hydrogen) atoms. The van der Waals surface area contributed by atoms with E-state index in [-0.39, 0.29) is 0 Å². The molecular formula is C24H37N7. The number of rotatable bonds is 7. The van der Waals surface area contributed by atoms with Gasteiger partial charge in [0, 0.05) is 37.5 Å². The summed E-state index contributed by atoms with van der Waals surface area (Å²) < 4.78 is 2.08. The summed E-state index contributed by atoms with van der Waals surface area (Å²) in [6.45, 7) is 11.1. The molecule has 2 atom stereocenters. The Morgan fingerprint density at radius 1 is 1.23 bits per heavy atom. The molecule has 2 aromatic rings. The largest absolute Gasteiger partial charge is 0.357 e. The molecule has 0 amide bonds. The van der Waals surface area contributed by atoms with Crippen LogP contribution in [-0.4, -0.2) is 57.3 Å². The Morgan fingerprint density at radius 2 is 2.06 bits per heavy atom. The molecule has 2 aliphatic heterocycles. The summed E-state index contributed by atoms with van der Waals surface area (Å²) in [5, 5.41) is 11.8. The van der Waals surface area contributed by atoms with Crippen molar-refractivity contribution in [1.82, 2.24) is 30.3 Å². The third-order valence-corrected chi connectivity index (χ3v) is 6.26. The molecule has 4 rings (SSSR count). The van der Waals surface area contributed by atoms with Crippen molar-refractivity contribution in [2.75, 3.05) is 19.6 Å². The molecule has 1 saturated heterocycles. The summed E-state index contributed by atoms with van der Waals surface area (Å²) in [7, 11) is 0. The Labute approximate surface area is 186 Å². The third-order valence-electron chi connectivity index (χ3n) is 6.26. The number of guanidine groups is 1. The number of benzene rings is 1. The Kier molecular flexibility index (Phi) is 7.22. The van der Waals surface area contributed by atoms with E-state index in [2.05, 4.69) is 71.3 Å². The van der Waals surface area contributed by atoms with E-state index in [9.17, 15) is 0 Å². The standard InChI is InChI=1S/C24H37N7/c1-4-25-24(27-20-12-13-22-28-23(18(2)3)29-31(22)17-20)26-15-21-11-8-14-30(21)16-19-9-6-5-7-10-19/h5-7,9-10,18,20-21H,4,8,11-17H2,1-3H3,(H2,25,26,27). The SMILES string of the molecule is CCNC(=NCC1CCCN1Cc1ccccc1)NC1CCc2nc(C(C)C)nn2C1. The van der Waals surface area contributed by atoms with Crippen molar-refractivity contribution in [2.45, 2.75) is 77.5 Å². The van der Waals surface area contributed by atoms with Gasteiger partial charge < -0.3 is 10.6 Å². The van der Waals surface area contributed by atoms with Gasteiger partial charge in [0.15, 0.2) is 11.8 Å². The maximum Gasteiger partial charge on any atom is 0.191 e. The van der Waals surface area contributed by atoms with Gasteiger partial charge in [-0.25, -0.2) is 9.67 Å². The van der Waals surface area contributed by atoms with E-state index in [1.807, 2.05) is 0 Å². The van der Waals surface area contributed by atoms with E-state index < -0.39 is 0 Å². The lowest BCUT2D eigenvalue weighted by Crippen LogP contribution is -2.47. The maximum absolute atomic E-state index is 4.98. The van der Waals surface area contributed by atoms with E-state index in [0.29, 0.717) is 18.0 Å². The van der Waals surface area contributed by atoms with Crippen molar-refractivity contribution < 1.29 is 0 Å². The topological polar surface area (TPSA) is 70.4 Å². The van der Waals surface area contributed by atoms with Gasteiger partial charge in [0.05, 0.1) is 13.1 Å². The summed E-state index contributed by atoms with van der Waals surface area (Å²) >= 11 is 0. The first-order chi connectivity index (χ1) is 15.1. The van der Waals surface area contributed by atoms with Crippen molar-refractivity contribution >= 4 is 5.96 Å². The Bertz CT molecular complexity index is 858. The molecule has 1 aromatic heterocycles. The molecule has 7 heteroatoms. The number of nitrogens with one attached hydrogen (secondary N) is 2. The predicted octanol–water partition coefficient (Wildman–Crippen LogP) is 2.94. The maximum atomic E-state index is 4.98. The van der Waals surface area contributed by atoms with Crippen LogP contribution in [0.15, 0.2) is 35.3 Å². The second-order valence-electron chi connectivity index (χ2n) is 9.07. The number of hydrogen-bond acceptors (Lipinski definition) is 4. The quantitative estimate of drug-likeness (QED) is 0.529. The molecule has 168 valence electrons. The highest BCUT2D eigenvalue weighted by molar-refractivity contribution is 5.80.